The van der Waals surface area contributed by atoms with Crippen molar-refractivity contribution in [2.24, 2.45) is 10.9 Å². The molecule has 112 valence electrons. The molecule has 0 saturated carbocycles. The summed E-state index contributed by atoms with van der Waals surface area (Å²) < 4.78 is 4.77. The van der Waals surface area contributed by atoms with Crippen molar-refractivity contribution in [3.63, 3.8) is 0 Å². The molecule has 0 bridgehead atoms. The molecule has 0 spiro atoms. The zero-order chi connectivity index (χ0) is 15.8. The van der Waals surface area contributed by atoms with E-state index < -0.39 is 29.7 Å². The van der Waals surface area contributed by atoms with Crippen LogP contribution in [0.25, 0.3) is 0 Å². The number of esters is 1. The molecule has 0 radical (unpaired) electrons. The van der Waals surface area contributed by atoms with Gasteiger partial charge in [0.2, 0.25) is 0 Å². The van der Waals surface area contributed by atoms with Gasteiger partial charge in [0.1, 0.15) is 11.7 Å². The van der Waals surface area contributed by atoms with Crippen LogP contribution in [0.1, 0.15) is 25.5 Å². The molecule has 21 heavy (non-hydrogen) atoms. The summed E-state index contributed by atoms with van der Waals surface area (Å²) in [7, 11) is 0. The van der Waals surface area contributed by atoms with E-state index in [0.717, 1.165) is 6.21 Å². The van der Waals surface area contributed by atoms with E-state index in [0.29, 0.717) is 5.56 Å². The molecule has 0 aromatic heterocycles. The van der Waals surface area contributed by atoms with Crippen LogP contribution in [0.5, 0.6) is 0 Å². The van der Waals surface area contributed by atoms with Gasteiger partial charge >= 0.3 is 11.9 Å². The predicted molar refractivity (Wildman–Crippen MR) is 76.1 cm³/mol. The Labute approximate surface area is 122 Å². The number of hydrogen-bond acceptors (Lipinski definition) is 5. The number of carboxylic acids is 1. The summed E-state index contributed by atoms with van der Waals surface area (Å²) in [5.41, 5.74) is 0.465. The van der Waals surface area contributed by atoms with E-state index in [4.69, 9.17) is 4.74 Å². The van der Waals surface area contributed by atoms with Crippen molar-refractivity contribution in [1.82, 2.24) is 0 Å². The standard InChI is InChI=1S/C15H17NO5/c1-3-21-15(20)12(10(2)17)9-16-13(14(18)19)11-7-5-4-6-8-11/h4-9,12-13H,3H2,1-2H3,(H,18,19)/t12-,13-/m1/s1. The van der Waals surface area contributed by atoms with E-state index in [2.05, 4.69) is 4.99 Å². The Balaban J connectivity index is 2.98. The molecule has 6 nitrogen and oxygen atoms in total. The Bertz CT molecular complexity index is 538. The number of rotatable bonds is 7. The van der Waals surface area contributed by atoms with Crippen molar-refractivity contribution in [2.45, 2.75) is 19.9 Å². The number of benzene rings is 1. The van der Waals surface area contributed by atoms with Gasteiger partial charge in [-0.25, -0.2) is 4.79 Å². The van der Waals surface area contributed by atoms with E-state index in [1.165, 1.54) is 6.92 Å². The summed E-state index contributed by atoms with van der Waals surface area (Å²) in [6.07, 6.45) is 1.05. The average molecular weight is 291 g/mol. The average Bonchev–Trinajstić information content (AvgIpc) is 2.43. The summed E-state index contributed by atoms with van der Waals surface area (Å²) >= 11 is 0. The molecule has 0 aliphatic carbocycles. The van der Waals surface area contributed by atoms with E-state index in [9.17, 15) is 19.5 Å². The third kappa shape index (κ3) is 4.83. The van der Waals surface area contributed by atoms with Crippen LogP contribution in [0.15, 0.2) is 35.3 Å². The second-order valence-electron chi connectivity index (χ2n) is 4.29. The third-order valence-corrected chi connectivity index (χ3v) is 2.71. The minimum atomic E-state index is -1.18. The smallest absolute Gasteiger partial charge is 0.333 e. The maximum absolute atomic E-state index is 11.6. The number of ether oxygens (including phenoxy) is 1. The molecule has 0 aliphatic heterocycles. The lowest BCUT2D eigenvalue weighted by Gasteiger charge is -2.10. The fourth-order valence-electron chi connectivity index (χ4n) is 1.66. The van der Waals surface area contributed by atoms with Crippen molar-refractivity contribution < 1.29 is 24.2 Å². The van der Waals surface area contributed by atoms with E-state index in [1.54, 1.807) is 37.3 Å². The quantitative estimate of drug-likeness (QED) is 0.468. The SMILES string of the molecule is CCOC(=O)[C@H](C=N[C@@H](C(=O)O)c1ccccc1)C(C)=O. The molecule has 1 N–H and O–H groups in total. The zero-order valence-corrected chi connectivity index (χ0v) is 11.9. The number of Topliss-reactive ketones (excluding diaryl/α,β-unsaturated/α-hetero) is 1. The number of ketones is 1. The lowest BCUT2D eigenvalue weighted by atomic mass is 10.1. The molecule has 0 heterocycles. The molecular weight excluding hydrogens is 274 g/mol. The number of carbonyl (C=O) groups excluding carboxylic acids is 2. The highest BCUT2D eigenvalue weighted by Gasteiger charge is 2.24. The first-order valence-electron chi connectivity index (χ1n) is 6.45. The third-order valence-electron chi connectivity index (χ3n) is 2.71. The van der Waals surface area contributed by atoms with Crippen LogP contribution in [0.4, 0.5) is 0 Å². The lowest BCUT2D eigenvalue weighted by Crippen LogP contribution is -2.26. The molecule has 1 aromatic rings. The van der Waals surface area contributed by atoms with Crippen molar-refractivity contribution in [3.8, 4) is 0 Å². The summed E-state index contributed by atoms with van der Waals surface area (Å²) in [4.78, 5) is 38.2. The molecule has 0 amide bonds. The minimum Gasteiger partial charge on any atom is -0.479 e. The van der Waals surface area contributed by atoms with Gasteiger partial charge in [-0.2, -0.15) is 0 Å². The Hall–Kier alpha value is -2.50. The van der Waals surface area contributed by atoms with E-state index in [1.807, 2.05) is 0 Å². The van der Waals surface area contributed by atoms with Crippen LogP contribution in [0, 0.1) is 5.92 Å². The monoisotopic (exact) mass is 291 g/mol. The highest BCUT2D eigenvalue weighted by Crippen LogP contribution is 2.17. The molecule has 2 atom stereocenters. The maximum atomic E-state index is 11.6. The molecule has 0 aliphatic rings. The summed E-state index contributed by atoms with van der Waals surface area (Å²) in [6, 6.07) is 7.20. The Morgan fingerprint density at radius 2 is 1.90 bits per heavy atom. The number of nitrogens with zero attached hydrogens (tertiary/aromatic N) is 1. The first-order valence-corrected chi connectivity index (χ1v) is 6.45. The van der Waals surface area contributed by atoms with E-state index in [-0.39, 0.29) is 6.61 Å². The van der Waals surface area contributed by atoms with Crippen LogP contribution in [-0.4, -0.2) is 35.6 Å². The normalized spacial score (nSPS) is 13.6. The van der Waals surface area contributed by atoms with Gasteiger partial charge in [0.25, 0.3) is 0 Å². The van der Waals surface area contributed by atoms with Gasteiger partial charge in [-0.1, -0.05) is 30.3 Å². The van der Waals surface area contributed by atoms with Crippen molar-refractivity contribution in [3.05, 3.63) is 35.9 Å². The molecule has 6 heteroatoms. The molecule has 0 fully saturated rings. The minimum absolute atomic E-state index is 0.136. The van der Waals surface area contributed by atoms with Gasteiger partial charge in [-0.3, -0.25) is 14.6 Å². The molecule has 1 rings (SSSR count). The Morgan fingerprint density at radius 1 is 1.29 bits per heavy atom. The zero-order valence-electron chi connectivity index (χ0n) is 11.9. The number of aliphatic carboxylic acids is 1. The van der Waals surface area contributed by atoms with Crippen LogP contribution in [0.2, 0.25) is 0 Å². The highest BCUT2D eigenvalue weighted by atomic mass is 16.5. The van der Waals surface area contributed by atoms with Crippen LogP contribution < -0.4 is 0 Å². The lowest BCUT2D eigenvalue weighted by molar-refractivity contribution is -0.148. The largest absolute Gasteiger partial charge is 0.479 e. The van der Waals surface area contributed by atoms with Crippen molar-refractivity contribution >= 4 is 23.9 Å². The van der Waals surface area contributed by atoms with Crippen molar-refractivity contribution in [1.29, 1.82) is 0 Å². The summed E-state index contributed by atoms with van der Waals surface area (Å²) in [5.74, 6) is -3.53. The first kappa shape index (κ1) is 16.6. The Kier molecular flexibility index (Phi) is 6.26. The van der Waals surface area contributed by atoms with Gasteiger partial charge in [0.05, 0.1) is 6.61 Å². The summed E-state index contributed by atoms with van der Waals surface area (Å²) in [6.45, 7) is 2.99. The highest BCUT2D eigenvalue weighted by molar-refractivity contribution is 6.11. The van der Waals surface area contributed by atoms with Gasteiger partial charge in [-0.05, 0) is 19.4 Å². The van der Waals surface area contributed by atoms with Gasteiger partial charge in [0.15, 0.2) is 6.04 Å². The number of hydrogen-bond donors (Lipinski definition) is 1. The van der Waals surface area contributed by atoms with E-state index >= 15 is 0 Å². The van der Waals surface area contributed by atoms with Gasteiger partial charge in [-0.15, -0.1) is 0 Å². The molecule has 0 saturated heterocycles. The number of carboxylic acid groups (broad SMARTS) is 1. The molecule has 0 unspecified atom stereocenters. The topological polar surface area (TPSA) is 93.0 Å². The fourth-order valence-corrected chi connectivity index (χ4v) is 1.66. The second-order valence-corrected chi connectivity index (χ2v) is 4.29. The van der Waals surface area contributed by atoms with Crippen molar-refractivity contribution in [2.75, 3.05) is 6.61 Å². The van der Waals surface area contributed by atoms with Crippen LogP contribution in [0.3, 0.4) is 0 Å². The number of carbonyl (C=O) groups is 3. The summed E-state index contributed by atoms with van der Waals surface area (Å²) in [5, 5.41) is 9.21. The van der Waals surface area contributed by atoms with Crippen LogP contribution in [-0.2, 0) is 19.1 Å². The first-order chi connectivity index (χ1) is 9.97. The van der Waals surface area contributed by atoms with Gasteiger partial charge < -0.3 is 9.84 Å². The molecule has 1 aromatic carbocycles. The second kappa shape index (κ2) is 7.94. The maximum Gasteiger partial charge on any atom is 0.333 e. The molecular formula is C15H17NO5. The fraction of sp³-hybridized carbons (Fsp3) is 0.333. The van der Waals surface area contributed by atoms with Crippen LogP contribution >= 0.6 is 0 Å². The predicted octanol–water partition coefficient (Wildman–Crippen LogP) is 1.65. The number of aliphatic imine (C=N–C) groups is 1. The Morgan fingerprint density at radius 3 is 2.38 bits per heavy atom. The van der Waals surface area contributed by atoms with Gasteiger partial charge in [0, 0.05) is 6.21 Å².